The smallest absolute Gasteiger partial charge is 0.259 e. The van der Waals surface area contributed by atoms with Crippen LogP contribution < -0.4 is 15.5 Å². The zero-order valence-electron chi connectivity index (χ0n) is 19.7. The third-order valence-corrected chi connectivity index (χ3v) is 5.19. The molecule has 0 radical (unpaired) electrons. The van der Waals surface area contributed by atoms with E-state index in [1.807, 2.05) is 54.6 Å². The summed E-state index contributed by atoms with van der Waals surface area (Å²) in [6.07, 6.45) is 12.9. The molecule has 0 saturated heterocycles. The van der Waals surface area contributed by atoms with Crippen LogP contribution in [0.1, 0.15) is 76.7 Å². The lowest BCUT2D eigenvalue weighted by molar-refractivity contribution is -0.126. The molecule has 0 aliphatic carbocycles. The Labute approximate surface area is 197 Å². The molecule has 0 aliphatic heterocycles. The number of unbranched alkanes of at least 4 members (excludes halogenated alkanes) is 8. The minimum atomic E-state index is -0.358. The Morgan fingerprint density at radius 2 is 1.48 bits per heavy atom. The fourth-order valence-electron chi connectivity index (χ4n) is 3.36. The van der Waals surface area contributed by atoms with Crippen LogP contribution in [-0.2, 0) is 9.59 Å². The fraction of sp³-hybridized carbons (Fsp3) is 0.444. The lowest BCUT2D eigenvalue weighted by Crippen LogP contribution is -2.34. The van der Waals surface area contributed by atoms with Gasteiger partial charge >= 0.3 is 0 Å². The van der Waals surface area contributed by atoms with Crippen molar-refractivity contribution < 1.29 is 14.3 Å². The summed E-state index contributed by atoms with van der Waals surface area (Å²) in [5.74, 6) is 0.976. The number of hydrogen-bond donors (Lipinski definition) is 2. The third kappa shape index (κ3) is 12.5. The largest absolute Gasteiger partial charge is 0.457 e. The molecule has 0 bridgehead atoms. The maximum atomic E-state index is 11.9. The summed E-state index contributed by atoms with van der Waals surface area (Å²) < 4.78 is 5.79. The van der Waals surface area contributed by atoms with Crippen molar-refractivity contribution in [1.29, 1.82) is 0 Å². The Bertz CT molecular complexity index is 853. The van der Waals surface area contributed by atoms with E-state index in [2.05, 4.69) is 22.8 Å². The average Bonchev–Trinajstić information content (AvgIpc) is 2.82. The first kappa shape index (κ1) is 26.1. The van der Waals surface area contributed by atoms with Gasteiger partial charge < -0.3 is 10.1 Å². The highest BCUT2D eigenvalue weighted by atomic mass is 16.5. The van der Waals surface area contributed by atoms with Crippen molar-refractivity contribution in [2.45, 2.75) is 71.1 Å². The predicted octanol–water partition coefficient (Wildman–Crippen LogP) is 5.97. The number of hydrogen-bond acceptors (Lipinski definition) is 4. The van der Waals surface area contributed by atoms with E-state index in [0.717, 1.165) is 24.2 Å². The predicted molar refractivity (Wildman–Crippen MR) is 134 cm³/mol. The second-order valence-corrected chi connectivity index (χ2v) is 8.14. The fourth-order valence-corrected chi connectivity index (χ4v) is 3.36. The highest BCUT2D eigenvalue weighted by Crippen LogP contribution is 2.21. The zero-order chi connectivity index (χ0) is 23.6. The molecule has 2 rings (SSSR count). The second kappa shape index (κ2) is 16.5. The van der Waals surface area contributed by atoms with Gasteiger partial charge in [-0.15, -0.1) is 0 Å². The van der Waals surface area contributed by atoms with Gasteiger partial charge in [-0.3, -0.25) is 9.59 Å². The average molecular weight is 452 g/mol. The van der Waals surface area contributed by atoms with Crippen LogP contribution in [0.5, 0.6) is 11.5 Å². The van der Waals surface area contributed by atoms with E-state index in [1.165, 1.54) is 44.9 Å². The monoisotopic (exact) mass is 451 g/mol. The van der Waals surface area contributed by atoms with Crippen molar-refractivity contribution >= 4 is 18.0 Å². The Morgan fingerprint density at radius 3 is 2.21 bits per heavy atom. The molecule has 0 aromatic heterocycles. The van der Waals surface area contributed by atoms with E-state index in [4.69, 9.17) is 4.74 Å². The number of para-hydroxylation sites is 1. The molecule has 2 N–H and O–H groups in total. The number of nitrogens with zero attached hydrogens (tertiary/aromatic N) is 1. The van der Waals surface area contributed by atoms with E-state index < -0.39 is 0 Å². The summed E-state index contributed by atoms with van der Waals surface area (Å²) in [7, 11) is 0. The normalized spacial score (nSPS) is 10.8. The summed E-state index contributed by atoms with van der Waals surface area (Å²) in [6.45, 7) is 2.15. The quantitative estimate of drug-likeness (QED) is 0.188. The molecule has 178 valence electrons. The van der Waals surface area contributed by atoms with Gasteiger partial charge in [0.15, 0.2) is 0 Å². The second-order valence-electron chi connectivity index (χ2n) is 8.14. The van der Waals surface area contributed by atoms with Crippen molar-refractivity contribution in [3.63, 3.8) is 0 Å². The van der Waals surface area contributed by atoms with Crippen molar-refractivity contribution in [1.82, 2.24) is 10.7 Å². The molecule has 6 nitrogen and oxygen atoms in total. The summed E-state index contributed by atoms with van der Waals surface area (Å²) in [6, 6.07) is 16.9. The van der Waals surface area contributed by atoms with E-state index in [-0.39, 0.29) is 18.4 Å². The number of carbonyl (C=O) groups excluding carboxylic acids is 2. The molecule has 0 aliphatic rings. The number of benzene rings is 2. The van der Waals surface area contributed by atoms with Gasteiger partial charge in [-0.1, -0.05) is 88.6 Å². The van der Waals surface area contributed by atoms with Crippen LogP contribution >= 0.6 is 0 Å². The van der Waals surface area contributed by atoms with Crippen LogP contribution in [0, 0.1) is 0 Å². The lowest BCUT2D eigenvalue weighted by atomic mass is 10.1. The van der Waals surface area contributed by atoms with Crippen LogP contribution in [0.25, 0.3) is 0 Å². The van der Waals surface area contributed by atoms with Gasteiger partial charge in [-0.05, 0) is 36.2 Å². The van der Waals surface area contributed by atoms with Gasteiger partial charge in [0.05, 0.1) is 12.8 Å². The molecule has 0 atom stereocenters. The van der Waals surface area contributed by atoms with Crippen molar-refractivity contribution in [3.8, 4) is 11.5 Å². The number of carbonyl (C=O) groups is 2. The highest BCUT2D eigenvalue weighted by molar-refractivity contribution is 5.86. The number of ether oxygens (including phenoxy) is 1. The number of hydrazone groups is 1. The van der Waals surface area contributed by atoms with Crippen LogP contribution in [0.15, 0.2) is 59.7 Å². The molecular formula is C27H37N3O3. The van der Waals surface area contributed by atoms with E-state index in [9.17, 15) is 9.59 Å². The van der Waals surface area contributed by atoms with Crippen LogP contribution in [-0.4, -0.2) is 24.6 Å². The molecule has 2 amide bonds. The molecule has 0 saturated carbocycles. The number of nitrogens with one attached hydrogen (secondary N) is 2. The Balaban J connectivity index is 1.56. The first-order valence-corrected chi connectivity index (χ1v) is 12.1. The highest BCUT2D eigenvalue weighted by Gasteiger charge is 2.05. The first-order chi connectivity index (χ1) is 16.2. The molecule has 0 unspecified atom stereocenters. The molecule has 0 fully saturated rings. The SMILES string of the molecule is CCCCCCCCCCCC(=O)NCC(=O)N/N=C/c1cccc(Oc2ccccc2)c1. The maximum Gasteiger partial charge on any atom is 0.259 e. The summed E-state index contributed by atoms with van der Waals surface area (Å²) >= 11 is 0. The van der Waals surface area contributed by atoms with E-state index in [0.29, 0.717) is 12.2 Å². The maximum absolute atomic E-state index is 11.9. The van der Waals surface area contributed by atoms with Crippen molar-refractivity contribution in [2.24, 2.45) is 5.10 Å². The molecule has 33 heavy (non-hydrogen) atoms. The van der Waals surface area contributed by atoms with Gasteiger partial charge in [-0.2, -0.15) is 5.10 Å². The lowest BCUT2D eigenvalue weighted by Gasteiger charge is -2.06. The minimum absolute atomic E-state index is 0.0786. The molecule has 0 heterocycles. The Hall–Kier alpha value is -3.15. The molecule has 2 aromatic rings. The van der Waals surface area contributed by atoms with Gasteiger partial charge in [-0.25, -0.2) is 5.43 Å². The van der Waals surface area contributed by atoms with E-state index in [1.54, 1.807) is 6.21 Å². The molecule has 6 heteroatoms. The van der Waals surface area contributed by atoms with Gasteiger partial charge in [0, 0.05) is 6.42 Å². The van der Waals surface area contributed by atoms with Crippen LogP contribution in [0.4, 0.5) is 0 Å². The van der Waals surface area contributed by atoms with E-state index >= 15 is 0 Å². The van der Waals surface area contributed by atoms with Crippen LogP contribution in [0.3, 0.4) is 0 Å². The summed E-state index contributed by atoms with van der Waals surface area (Å²) in [4.78, 5) is 23.8. The Kier molecular flexibility index (Phi) is 13.0. The number of rotatable bonds is 16. The zero-order valence-corrected chi connectivity index (χ0v) is 19.7. The Morgan fingerprint density at radius 1 is 0.818 bits per heavy atom. The topological polar surface area (TPSA) is 79.8 Å². The summed E-state index contributed by atoms with van der Waals surface area (Å²) in [5.41, 5.74) is 3.23. The molecule has 2 aromatic carbocycles. The van der Waals surface area contributed by atoms with Gasteiger partial charge in [0.2, 0.25) is 5.91 Å². The van der Waals surface area contributed by atoms with Crippen molar-refractivity contribution in [3.05, 3.63) is 60.2 Å². The van der Waals surface area contributed by atoms with Gasteiger partial charge in [0.1, 0.15) is 11.5 Å². The van der Waals surface area contributed by atoms with Crippen molar-refractivity contribution in [2.75, 3.05) is 6.54 Å². The first-order valence-electron chi connectivity index (χ1n) is 12.1. The standard InChI is InChI=1S/C27H37N3O3/c1-2-3-4-5-6-7-8-9-13-19-26(31)28-22-27(32)30-29-21-23-15-14-18-25(20-23)33-24-16-11-10-12-17-24/h10-12,14-18,20-21H,2-9,13,19,22H2,1H3,(H,28,31)(H,30,32)/b29-21+. The third-order valence-electron chi connectivity index (χ3n) is 5.19. The van der Waals surface area contributed by atoms with Gasteiger partial charge in [0.25, 0.3) is 5.91 Å². The molecular weight excluding hydrogens is 414 g/mol. The summed E-state index contributed by atoms with van der Waals surface area (Å²) in [5, 5.41) is 6.61. The molecule has 0 spiro atoms. The number of amides is 2. The minimum Gasteiger partial charge on any atom is -0.457 e. The van der Waals surface area contributed by atoms with Crippen LogP contribution in [0.2, 0.25) is 0 Å².